The van der Waals surface area contributed by atoms with Crippen LogP contribution in [0.1, 0.15) is 5.56 Å². The third-order valence-corrected chi connectivity index (χ3v) is 3.54. The summed E-state index contributed by atoms with van der Waals surface area (Å²) in [5.41, 5.74) is 0.604. The maximum absolute atomic E-state index is 9.67. The van der Waals surface area contributed by atoms with Gasteiger partial charge in [-0.3, -0.25) is 0 Å². The van der Waals surface area contributed by atoms with Gasteiger partial charge in [-0.05, 0) is 60.8 Å². The average molecular weight is 327 g/mol. The van der Waals surface area contributed by atoms with E-state index in [9.17, 15) is 5.11 Å². The molecular weight excluding hydrogens is 322 g/mol. The van der Waals surface area contributed by atoms with E-state index in [-0.39, 0.29) is 5.75 Å². The van der Waals surface area contributed by atoms with Crippen molar-refractivity contribution < 1.29 is 5.11 Å². The van der Waals surface area contributed by atoms with Gasteiger partial charge < -0.3 is 5.11 Å². The molecular formula is C11H5Br2NO. The van der Waals surface area contributed by atoms with E-state index < -0.39 is 0 Å². The maximum Gasteiger partial charge on any atom is 0.144 e. The van der Waals surface area contributed by atoms with E-state index in [4.69, 9.17) is 5.26 Å². The van der Waals surface area contributed by atoms with Crippen molar-refractivity contribution in [3.63, 3.8) is 0 Å². The molecule has 2 aromatic rings. The average Bonchev–Trinajstić information content (AvgIpc) is 2.25. The summed E-state index contributed by atoms with van der Waals surface area (Å²) in [5, 5.41) is 20.2. The van der Waals surface area contributed by atoms with Gasteiger partial charge in [0.25, 0.3) is 0 Å². The van der Waals surface area contributed by atoms with Gasteiger partial charge in [0.1, 0.15) is 5.75 Å². The van der Waals surface area contributed by atoms with Gasteiger partial charge >= 0.3 is 0 Å². The summed E-state index contributed by atoms with van der Waals surface area (Å²) in [4.78, 5) is 0. The van der Waals surface area contributed by atoms with Crippen molar-refractivity contribution in [3.05, 3.63) is 38.8 Å². The fourth-order valence-electron chi connectivity index (χ4n) is 1.39. The lowest BCUT2D eigenvalue weighted by molar-refractivity contribution is 0.469. The zero-order valence-electron chi connectivity index (χ0n) is 7.46. The largest absolute Gasteiger partial charge is 0.506 e. The van der Waals surface area contributed by atoms with Crippen LogP contribution in [0.4, 0.5) is 0 Å². The van der Waals surface area contributed by atoms with Crippen LogP contribution in [0, 0.1) is 11.3 Å². The van der Waals surface area contributed by atoms with Gasteiger partial charge in [0.2, 0.25) is 0 Å². The van der Waals surface area contributed by atoms with Crippen molar-refractivity contribution in [3.8, 4) is 11.8 Å². The number of hydrogen-bond donors (Lipinski definition) is 1. The summed E-state index contributed by atoms with van der Waals surface area (Å²) in [6.45, 7) is 0. The van der Waals surface area contributed by atoms with Crippen molar-refractivity contribution in [1.29, 1.82) is 5.26 Å². The van der Waals surface area contributed by atoms with E-state index in [2.05, 4.69) is 37.9 Å². The molecule has 0 spiro atoms. The minimum Gasteiger partial charge on any atom is -0.506 e. The van der Waals surface area contributed by atoms with E-state index in [0.29, 0.717) is 14.5 Å². The lowest BCUT2D eigenvalue weighted by Crippen LogP contribution is -1.80. The highest BCUT2D eigenvalue weighted by molar-refractivity contribution is 9.11. The Hall–Kier alpha value is -1.05. The Balaban J connectivity index is 2.87. The molecule has 0 fully saturated rings. The number of nitrogens with zero attached hydrogens (tertiary/aromatic N) is 1. The highest BCUT2D eigenvalue weighted by Gasteiger charge is 2.08. The zero-order valence-corrected chi connectivity index (χ0v) is 10.6. The fourth-order valence-corrected chi connectivity index (χ4v) is 2.67. The summed E-state index contributed by atoms with van der Waals surface area (Å²) >= 11 is 6.57. The van der Waals surface area contributed by atoms with Crippen LogP contribution in [0.2, 0.25) is 0 Å². The van der Waals surface area contributed by atoms with Crippen LogP contribution in [0.15, 0.2) is 33.2 Å². The molecule has 0 bridgehead atoms. The topological polar surface area (TPSA) is 44.0 Å². The van der Waals surface area contributed by atoms with E-state index in [1.54, 1.807) is 18.2 Å². The predicted octanol–water partition coefficient (Wildman–Crippen LogP) is 3.94. The molecule has 74 valence electrons. The predicted molar refractivity (Wildman–Crippen MR) is 65.7 cm³/mol. The highest BCUT2D eigenvalue weighted by atomic mass is 79.9. The number of benzene rings is 2. The first-order valence-corrected chi connectivity index (χ1v) is 5.73. The smallest absolute Gasteiger partial charge is 0.144 e. The van der Waals surface area contributed by atoms with Crippen LogP contribution in [-0.2, 0) is 0 Å². The van der Waals surface area contributed by atoms with Gasteiger partial charge in [0.05, 0.1) is 20.6 Å². The highest BCUT2D eigenvalue weighted by Crippen LogP contribution is 2.38. The normalized spacial score (nSPS) is 10.2. The van der Waals surface area contributed by atoms with Gasteiger partial charge in [0, 0.05) is 0 Å². The quantitative estimate of drug-likeness (QED) is 0.796. The SMILES string of the molecule is N#Cc1ccc2c(Br)c(O)c(Br)cc2c1. The molecule has 1 N–H and O–H groups in total. The summed E-state index contributed by atoms with van der Waals surface area (Å²) in [7, 11) is 0. The molecule has 0 aromatic heterocycles. The van der Waals surface area contributed by atoms with Gasteiger partial charge in [-0.1, -0.05) is 6.07 Å². The summed E-state index contributed by atoms with van der Waals surface area (Å²) in [5.74, 6) is 0.173. The number of phenolic OH excluding ortho intramolecular Hbond substituents is 1. The standard InChI is InChI=1S/C11H5Br2NO/c12-9-4-7-3-6(5-14)1-2-8(7)10(13)11(9)15/h1-4,15H. The third-order valence-electron chi connectivity index (χ3n) is 2.13. The first-order chi connectivity index (χ1) is 7.13. The Labute approximate surface area is 103 Å². The Morgan fingerprint density at radius 1 is 1.20 bits per heavy atom. The monoisotopic (exact) mass is 325 g/mol. The second-order valence-electron chi connectivity index (χ2n) is 3.07. The van der Waals surface area contributed by atoms with Crippen LogP contribution in [0.25, 0.3) is 10.8 Å². The van der Waals surface area contributed by atoms with E-state index in [1.807, 2.05) is 6.07 Å². The molecule has 0 atom stereocenters. The van der Waals surface area contributed by atoms with Gasteiger partial charge in [0.15, 0.2) is 0 Å². The lowest BCUT2D eigenvalue weighted by Gasteiger charge is -2.05. The molecule has 2 aromatic carbocycles. The summed E-state index contributed by atoms with van der Waals surface area (Å²) in [6.07, 6.45) is 0. The Morgan fingerprint density at radius 2 is 1.93 bits per heavy atom. The second kappa shape index (κ2) is 3.84. The number of fused-ring (bicyclic) bond motifs is 1. The Morgan fingerprint density at radius 3 is 2.60 bits per heavy atom. The Kier molecular flexibility index (Phi) is 2.68. The molecule has 2 nitrogen and oxygen atoms in total. The molecule has 4 heteroatoms. The fraction of sp³-hybridized carbons (Fsp3) is 0. The van der Waals surface area contributed by atoms with E-state index in [1.165, 1.54) is 0 Å². The first-order valence-electron chi connectivity index (χ1n) is 4.14. The molecule has 0 aliphatic rings. The van der Waals surface area contributed by atoms with Crippen LogP contribution in [0.5, 0.6) is 5.75 Å². The van der Waals surface area contributed by atoms with Gasteiger partial charge in [-0.15, -0.1) is 0 Å². The maximum atomic E-state index is 9.67. The Bertz CT molecular complexity index is 587. The van der Waals surface area contributed by atoms with Crippen molar-refractivity contribution in [2.24, 2.45) is 0 Å². The van der Waals surface area contributed by atoms with Gasteiger partial charge in [-0.25, -0.2) is 0 Å². The second-order valence-corrected chi connectivity index (χ2v) is 4.72. The molecule has 0 heterocycles. The number of halogens is 2. The van der Waals surface area contributed by atoms with Gasteiger partial charge in [-0.2, -0.15) is 5.26 Å². The summed E-state index contributed by atoms with van der Waals surface area (Å²) < 4.78 is 1.24. The molecule has 2 rings (SSSR count). The lowest BCUT2D eigenvalue weighted by atomic mass is 10.1. The summed E-state index contributed by atoms with van der Waals surface area (Å²) in [6, 6.07) is 9.18. The van der Waals surface area contributed by atoms with Crippen molar-refractivity contribution >= 4 is 42.6 Å². The molecule has 0 unspecified atom stereocenters. The number of nitriles is 1. The van der Waals surface area contributed by atoms with Crippen molar-refractivity contribution in [2.75, 3.05) is 0 Å². The van der Waals surface area contributed by atoms with Crippen molar-refractivity contribution in [2.45, 2.75) is 0 Å². The molecule has 0 radical (unpaired) electrons. The number of aromatic hydroxyl groups is 1. The number of phenols is 1. The van der Waals surface area contributed by atoms with Crippen LogP contribution in [-0.4, -0.2) is 5.11 Å². The minimum absolute atomic E-state index is 0.173. The molecule has 0 aliphatic heterocycles. The minimum atomic E-state index is 0.173. The van der Waals surface area contributed by atoms with E-state index >= 15 is 0 Å². The first kappa shape index (κ1) is 10.5. The molecule has 0 saturated carbocycles. The molecule has 0 saturated heterocycles. The van der Waals surface area contributed by atoms with Crippen molar-refractivity contribution in [1.82, 2.24) is 0 Å². The van der Waals surface area contributed by atoms with Crippen LogP contribution < -0.4 is 0 Å². The molecule has 0 amide bonds. The zero-order chi connectivity index (χ0) is 11.0. The van der Waals surface area contributed by atoms with Crippen LogP contribution in [0.3, 0.4) is 0 Å². The van der Waals surface area contributed by atoms with E-state index in [0.717, 1.165) is 10.8 Å². The molecule has 0 aliphatic carbocycles. The number of rotatable bonds is 0. The van der Waals surface area contributed by atoms with Crippen LogP contribution >= 0.6 is 31.9 Å². The molecule has 15 heavy (non-hydrogen) atoms. The number of hydrogen-bond acceptors (Lipinski definition) is 2. The third kappa shape index (κ3) is 1.73.